The minimum Gasteiger partial charge on any atom is -0.400 e. The normalized spacial score (nSPS) is 12.9. The molecule has 1 aliphatic rings. The summed E-state index contributed by atoms with van der Waals surface area (Å²) in [6, 6.07) is 3.86. The molecule has 0 aliphatic carbocycles. The van der Waals surface area contributed by atoms with Crippen LogP contribution in [0.15, 0.2) is 30.4 Å². The molecule has 15 nitrogen and oxygen atoms in total. The predicted molar refractivity (Wildman–Crippen MR) is 210 cm³/mol. The fourth-order valence-corrected chi connectivity index (χ4v) is 4.91. The first-order chi connectivity index (χ1) is 25.8. The largest absolute Gasteiger partial charge is 0.400 e. The van der Waals surface area contributed by atoms with Gasteiger partial charge in [0.05, 0.1) is 40.3 Å². The second-order valence-electron chi connectivity index (χ2n) is 13.0. The molecule has 7 N–H and O–H groups in total. The maximum Gasteiger partial charge on any atom is 0.312 e. The molecule has 54 heavy (non-hydrogen) atoms. The number of nitrogens with zero attached hydrogens (tertiary/aromatic N) is 1. The van der Waals surface area contributed by atoms with Gasteiger partial charge in [-0.1, -0.05) is 52.1 Å². The number of amides is 7. The fraction of sp³-hybridized carbons (Fsp3) is 0.632. The quantitative estimate of drug-likeness (QED) is 0.0518. The molecule has 0 bridgehead atoms. The molecule has 1 aromatic rings. The van der Waals surface area contributed by atoms with Crippen molar-refractivity contribution in [2.24, 2.45) is 11.7 Å². The molecule has 7 amide bonds. The van der Waals surface area contributed by atoms with E-state index in [1.165, 1.54) is 18.6 Å². The van der Waals surface area contributed by atoms with Crippen LogP contribution in [0.5, 0.6) is 0 Å². The smallest absolute Gasteiger partial charge is 0.312 e. The Bertz CT molecular complexity index is 1310. The Morgan fingerprint density at radius 3 is 2.17 bits per heavy atom. The number of nitrogens with one attached hydrogen (secondary N) is 4. The van der Waals surface area contributed by atoms with E-state index in [1.54, 1.807) is 6.07 Å². The second kappa shape index (κ2) is 30.1. The van der Waals surface area contributed by atoms with Gasteiger partial charge >= 0.3 is 6.03 Å². The standard InChI is InChI=1S/C34H51BN6O8.C3H8.CH4O/c1-23(2)13-18-49-24(3)6-4-7-25-20-27(10-9-26(25)21-35)39-33(46)28(8-5-15-37-34(36)47)40-30(43)22-38-29(42)14-17-48-19-16-41-31(44)11-12-32(41)45;1-3-2;1-2/h9-12,20,23-24,28H,4-8,13-19,21-22H2,1-3H3,(H,38,42)(H,39,46)(H,40,43)(H3,36,37,47);3H2,1-2H3;2H,1H3. The molecule has 0 aromatic heterocycles. The van der Waals surface area contributed by atoms with Gasteiger partial charge in [0.1, 0.15) is 6.04 Å². The number of benzene rings is 1. The third-order valence-electron chi connectivity index (χ3n) is 7.75. The SMILES string of the molecule is CCC.CO.[B]Cc1ccc(NC(=O)C(CCCNC(N)=O)NC(=O)CNC(=O)CCOCCN2C(=O)C=CC2=O)cc1CCCC(C)OCCC(C)C. The van der Waals surface area contributed by atoms with Crippen LogP contribution < -0.4 is 27.0 Å². The van der Waals surface area contributed by atoms with E-state index in [0.717, 1.165) is 55.4 Å². The molecular formula is C38H63BN6O9. The molecule has 0 spiro atoms. The summed E-state index contributed by atoms with van der Waals surface area (Å²) < 4.78 is 11.2. The number of anilines is 1. The molecule has 2 unspecified atom stereocenters. The van der Waals surface area contributed by atoms with E-state index in [2.05, 4.69) is 55.9 Å². The number of nitrogens with two attached hydrogens (primary N) is 1. The van der Waals surface area contributed by atoms with E-state index in [0.29, 0.717) is 24.3 Å². The molecular weight excluding hydrogens is 695 g/mol. The Morgan fingerprint density at radius 2 is 1.56 bits per heavy atom. The monoisotopic (exact) mass is 758 g/mol. The summed E-state index contributed by atoms with van der Waals surface area (Å²) in [6.45, 7) is 11.4. The van der Waals surface area contributed by atoms with Crippen molar-refractivity contribution in [2.45, 2.75) is 104 Å². The fourth-order valence-electron chi connectivity index (χ4n) is 4.91. The summed E-state index contributed by atoms with van der Waals surface area (Å²) in [5.41, 5.74) is 7.68. The molecule has 1 heterocycles. The van der Waals surface area contributed by atoms with Crippen molar-refractivity contribution in [3.63, 3.8) is 0 Å². The predicted octanol–water partition coefficient (Wildman–Crippen LogP) is 2.47. The van der Waals surface area contributed by atoms with Crippen molar-refractivity contribution in [3.05, 3.63) is 41.5 Å². The zero-order valence-electron chi connectivity index (χ0n) is 33.0. The van der Waals surface area contributed by atoms with E-state index in [4.69, 9.17) is 28.2 Å². The summed E-state index contributed by atoms with van der Waals surface area (Å²) >= 11 is 0. The van der Waals surface area contributed by atoms with E-state index >= 15 is 0 Å². The van der Waals surface area contributed by atoms with Crippen LogP contribution >= 0.6 is 0 Å². The highest BCUT2D eigenvalue weighted by Crippen LogP contribution is 2.20. The molecule has 2 atom stereocenters. The van der Waals surface area contributed by atoms with Gasteiger partial charge in [0.15, 0.2) is 0 Å². The number of imide groups is 1. The summed E-state index contributed by atoms with van der Waals surface area (Å²) in [6.07, 6.45) is 8.13. The first-order valence-electron chi connectivity index (χ1n) is 18.7. The molecule has 16 heteroatoms. The number of hydrogen-bond donors (Lipinski definition) is 6. The van der Waals surface area contributed by atoms with E-state index < -0.39 is 41.6 Å². The first-order valence-corrected chi connectivity index (χ1v) is 18.7. The van der Waals surface area contributed by atoms with Gasteiger partial charge in [0, 0.05) is 44.5 Å². The number of aliphatic hydroxyl groups excluding tert-OH is 1. The van der Waals surface area contributed by atoms with Crippen LogP contribution in [-0.2, 0) is 46.2 Å². The topological polar surface area (TPSA) is 218 Å². The number of ether oxygens (including phenoxy) is 2. The van der Waals surface area contributed by atoms with Gasteiger partial charge in [0.25, 0.3) is 11.8 Å². The van der Waals surface area contributed by atoms with Crippen molar-refractivity contribution in [1.29, 1.82) is 0 Å². The summed E-state index contributed by atoms with van der Waals surface area (Å²) in [7, 11) is 6.98. The third-order valence-corrected chi connectivity index (χ3v) is 7.75. The number of rotatable bonds is 24. The van der Waals surface area contributed by atoms with Gasteiger partial charge in [-0.25, -0.2) is 4.79 Å². The molecule has 2 rings (SSSR count). The Hall–Kier alpha value is -4.28. The molecule has 2 radical (unpaired) electrons. The van der Waals surface area contributed by atoms with Gasteiger partial charge in [-0.05, 0) is 69.1 Å². The highest BCUT2D eigenvalue weighted by atomic mass is 16.5. The van der Waals surface area contributed by atoms with Gasteiger partial charge in [0.2, 0.25) is 17.7 Å². The van der Waals surface area contributed by atoms with Crippen molar-refractivity contribution >= 4 is 49.1 Å². The Labute approximate surface area is 322 Å². The number of aliphatic hydroxyl groups is 1. The third kappa shape index (κ3) is 22.7. The molecule has 302 valence electrons. The van der Waals surface area contributed by atoms with Gasteiger partial charge in [-0.15, -0.1) is 0 Å². The van der Waals surface area contributed by atoms with Crippen LogP contribution in [0.2, 0.25) is 0 Å². The average molecular weight is 759 g/mol. The number of primary amides is 1. The molecule has 1 aromatic carbocycles. The lowest BCUT2D eigenvalue weighted by molar-refractivity contribution is -0.138. The molecule has 1 aliphatic heterocycles. The van der Waals surface area contributed by atoms with Crippen molar-refractivity contribution in [2.75, 3.05) is 51.9 Å². The molecule has 0 saturated heterocycles. The summed E-state index contributed by atoms with van der Waals surface area (Å²) in [5, 5.41) is 17.5. The van der Waals surface area contributed by atoms with Crippen LogP contribution in [0.1, 0.15) is 90.7 Å². The van der Waals surface area contributed by atoms with Crippen LogP contribution in [0.4, 0.5) is 10.5 Å². The summed E-state index contributed by atoms with van der Waals surface area (Å²) in [5.74, 6) is -1.74. The Kier molecular flexibility index (Phi) is 27.7. The van der Waals surface area contributed by atoms with Crippen LogP contribution in [0.25, 0.3) is 0 Å². The number of aryl methyl sites for hydroxylation is 1. The molecule has 0 fully saturated rings. The first kappa shape index (κ1) is 49.7. The minimum absolute atomic E-state index is 0.0189. The maximum atomic E-state index is 13.3. The van der Waals surface area contributed by atoms with Crippen molar-refractivity contribution in [3.8, 4) is 0 Å². The van der Waals surface area contributed by atoms with Gasteiger partial charge < -0.3 is 41.6 Å². The number of carbonyl (C=O) groups excluding carboxylic acids is 6. The lowest BCUT2D eigenvalue weighted by Crippen LogP contribution is -2.47. The van der Waals surface area contributed by atoms with E-state index in [9.17, 15) is 28.8 Å². The highest BCUT2D eigenvalue weighted by molar-refractivity contribution is 6.12. The highest BCUT2D eigenvalue weighted by Gasteiger charge is 2.23. The minimum atomic E-state index is -0.964. The van der Waals surface area contributed by atoms with E-state index in [-0.39, 0.29) is 51.8 Å². The number of hydrogen-bond acceptors (Lipinski definition) is 9. The molecule has 0 saturated carbocycles. The average Bonchev–Trinajstić information content (AvgIpc) is 3.45. The lowest BCUT2D eigenvalue weighted by atomic mass is 9.90. The van der Waals surface area contributed by atoms with Crippen LogP contribution in [-0.4, -0.2) is 112 Å². The van der Waals surface area contributed by atoms with Crippen molar-refractivity contribution in [1.82, 2.24) is 20.9 Å². The zero-order chi connectivity index (χ0) is 40.9. The van der Waals surface area contributed by atoms with Gasteiger partial charge in [-0.3, -0.25) is 28.9 Å². The van der Waals surface area contributed by atoms with Crippen LogP contribution in [0.3, 0.4) is 0 Å². The maximum absolute atomic E-state index is 13.3. The summed E-state index contributed by atoms with van der Waals surface area (Å²) in [4.78, 5) is 73.5. The van der Waals surface area contributed by atoms with Gasteiger partial charge in [-0.2, -0.15) is 0 Å². The zero-order valence-corrected chi connectivity index (χ0v) is 33.0. The Morgan fingerprint density at radius 1 is 0.889 bits per heavy atom. The number of carbonyl (C=O) groups is 6. The van der Waals surface area contributed by atoms with Crippen LogP contribution in [0, 0.1) is 5.92 Å². The second-order valence-corrected chi connectivity index (χ2v) is 13.0. The lowest BCUT2D eigenvalue weighted by Gasteiger charge is -2.20. The number of urea groups is 1. The van der Waals surface area contributed by atoms with E-state index in [1.807, 2.05) is 12.1 Å². The van der Waals surface area contributed by atoms with Crippen molar-refractivity contribution < 1.29 is 43.3 Å². The Balaban J connectivity index is 0.00000533.